The van der Waals surface area contributed by atoms with Gasteiger partial charge in [-0.25, -0.2) is 0 Å². The van der Waals surface area contributed by atoms with Gasteiger partial charge < -0.3 is 19.3 Å². The van der Waals surface area contributed by atoms with Crippen LogP contribution >= 0.6 is 0 Å². The molecule has 0 bridgehead atoms. The summed E-state index contributed by atoms with van der Waals surface area (Å²) < 4.78 is 16.2. The number of aliphatic hydroxyl groups is 1. The second kappa shape index (κ2) is 11.3. The number of esters is 2. The van der Waals surface area contributed by atoms with Crippen molar-refractivity contribution in [2.75, 3.05) is 7.11 Å². The summed E-state index contributed by atoms with van der Waals surface area (Å²) in [5.41, 5.74) is 3.18. The maximum absolute atomic E-state index is 12.3. The van der Waals surface area contributed by atoms with E-state index >= 15 is 0 Å². The van der Waals surface area contributed by atoms with Crippen molar-refractivity contribution in [1.29, 1.82) is 0 Å². The average molecular weight is 429 g/mol. The molecule has 1 rings (SSSR count). The SMILES string of the molecule is COC(=O)CCC[C@H](O)C[C@@H]1C/C(=C/[Si](C)(C)C)C[C@H](CC(=O)OC(C)(C)C)O1. The van der Waals surface area contributed by atoms with Crippen molar-refractivity contribution in [3.8, 4) is 0 Å². The second-order valence-corrected chi connectivity index (χ2v) is 15.1. The zero-order chi connectivity index (χ0) is 22.2. The van der Waals surface area contributed by atoms with Crippen molar-refractivity contribution in [3.63, 3.8) is 0 Å². The van der Waals surface area contributed by atoms with Crippen LogP contribution in [0.25, 0.3) is 0 Å². The third-order valence-corrected chi connectivity index (χ3v) is 5.77. The van der Waals surface area contributed by atoms with Crippen molar-refractivity contribution in [2.45, 2.75) is 109 Å². The lowest BCUT2D eigenvalue weighted by Gasteiger charge is -2.34. The Balaban J connectivity index is 2.71. The first-order valence-electron chi connectivity index (χ1n) is 10.6. The van der Waals surface area contributed by atoms with E-state index in [9.17, 15) is 14.7 Å². The van der Waals surface area contributed by atoms with Crippen LogP contribution in [0.2, 0.25) is 19.6 Å². The van der Waals surface area contributed by atoms with Gasteiger partial charge >= 0.3 is 11.9 Å². The predicted octanol–water partition coefficient (Wildman–Crippen LogP) is 4.16. The number of methoxy groups -OCH3 is 1. The van der Waals surface area contributed by atoms with Crippen LogP contribution in [0.15, 0.2) is 11.3 Å². The van der Waals surface area contributed by atoms with Crippen molar-refractivity contribution >= 4 is 20.0 Å². The van der Waals surface area contributed by atoms with Gasteiger partial charge in [0.2, 0.25) is 0 Å². The van der Waals surface area contributed by atoms with E-state index in [1.165, 1.54) is 12.7 Å². The molecule has 168 valence electrons. The minimum absolute atomic E-state index is 0.132. The molecule has 0 aliphatic carbocycles. The molecular formula is C22H40O6Si. The summed E-state index contributed by atoms with van der Waals surface area (Å²) in [4.78, 5) is 23.5. The molecule has 0 spiro atoms. The van der Waals surface area contributed by atoms with E-state index in [-0.39, 0.29) is 30.6 Å². The number of carbonyl (C=O) groups excluding carboxylic acids is 2. The molecule has 7 heteroatoms. The standard InChI is InChI=1S/C22H40O6Si/c1-22(2,3)28-21(25)14-19-12-16(15-29(5,6)7)11-18(27-19)13-17(23)9-8-10-20(24)26-4/h15,17-19,23H,8-14H2,1-7H3/b16-15-/t17-,18-,19+/m0/s1. The van der Waals surface area contributed by atoms with E-state index < -0.39 is 19.8 Å². The highest BCUT2D eigenvalue weighted by Gasteiger charge is 2.31. The van der Waals surface area contributed by atoms with Crippen LogP contribution in [0.5, 0.6) is 0 Å². The fourth-order valence-corrected chi connectivity index (χ4v) is 5.06. The quantitative estimate of drug-likeness (QED) is 0.438. The minimum atomic E-state index is -1.41. The van der Waals surface area contributed by atoms with Crippen LogP contribution in [0.1, 0.15) is 65.7 Å². The molecule has 0 aromatic heterocycles. The van der Waals surface area contributed by atoms with E-state index in [0.29, 0.717) is 25.7 Å². The van der Waals surface area contributed by atoms with Crippen molar-refractivity contribution in [1.82, 2.24) is 0 Å². The van der Waals surface area contributed by atoms with E-state index in [1.807, 2.05) is 20.8 Å². The van der Waals surface area contributed by atoms with Gasteiger partial charge in [0.1, 0.15) is 5.60 Å². The summed E-state index contributed by atoms with van der Waals surface area (Å²) in [6.07, 6.45) is 2.74. The lowest BCUT2D eigenvalue weighted by molar-refractivity contribution is -0.160. The van der Waals surface area contributed by atoms with E-state index in [1.54, 1.807) is 0 Å². The highest BCUT2D eigenvalue weighted by atomic mass is 28.3. The fraction of sp³-hybridized carbons (Fsp3) is 0.818. The summed E-state index contributed by atoms with van der Waals surface area (Å²) in [5.74, 6) is -0.516. The van der Waals surface area contributed by atoms with E-state index in [4.69, 9.17) is 9.47 Å². The first-order valence-corrected chi connectivity index (χ1v) is 14.2. The minimum Gasteiger partial charge on any atom is -0.469 e. The Morgan fingerprint density at radius 2 is 1.83 bits per heavy atom. The number of ether oxygens (including phenoxy) is 3. The Kier molecular flexibility index (Phi) is 10.1. The van der Waals surface area contributed by atoms with Gasteiger partial charge in [-0.15, -0.1) is 0 Å². The van der Waals surface area contributed by atoms with Crippen LogP contribution in [0.3, 0.4) is 0 Å². The van der Waals surface area contributed by atoms with Gasteiger partial charge in [0.05, 0.1) is 39.9 Å². The molecule has 3 atom stereocenters. The molecule has 1 saturated heterocycles. The molecular weight excluding hydrogens is 388 g/mol. The molecule has 1 fully saturated rings. The van der Waals surface area contributed by atoms with Gasteiger partial charge in [-0.1, -0.05) is 30.9 Å². The van der Waals surface area contributed by atoms with Crippen molar-refractivity contribution in [3.05, 3.63) is 11.3 Å². The maximum atomic E-state index is 12.3. The van der Waals surface area contributed by atoms with Gasteiger partial charge in [-0.3, -0.25) is 9.59 Å². The number of rotatable bonds is 9. The number of hydrogen-bond donors (Lipinski definition) is 1. The molecule has 0 amide bonds. The smallest absolute Gasteiger partial charge is 0.308 e. The van der Waals surface area contributed by atoms with Gasteiger partial charge in [-0.05, 0) is 52.9 Å². The second-order valence-electron chi connectivity index (χ2n) is 10.1. The van der Waals surface area contributed by atoms with Crippen LogP contribution in [0, 0.1) is 0 Å². The Morgan fingerprint density at radius 3 is 2.38 bits per heavy atom. The van der Waals surface area contributed by atoms with Gasteiger partial charge in [0.25, 0.3) is 0 Å². The third kappa shape index (κ3) is 12.2. The number of aliphatic hydroxyl groups excluding tert-OH is 1. The summed E-state index contributed by atoms with van der Waals surface area (Å²) in [6.45, 7) is 12.4. The summed E-state index contributed by atoms with van der Waals surface area (Å²) >= 11 is 0. The highest BCUT2D eigenvalue weighted by Crippen LogP contribution is 2.31. The summed E-state index contributed by atoms with van der Waals surface area (Å²) in [7, 11) is -0.0405. The summed E-state index contributed by atoms with van der Waals surface area (Å²) in [6, 6.07) is 0. The molecule has 0 radical (unpaired) electrons. The van der Waals surface area contributed by atoms with Gasteiger partial charge in [0.15, 0.2) is 0 Å². The van der Waals surface area contributed by atoms with Crippen LogP contribution in [0.4, 0.5) is 0 Å². The molecule has 1 aliphatic heterocycles. The average Bonchev–Trinajstić information content (AvgIpc) is 2.50. The molecule has 1 N–H and O–H groups in total. The fourth-order valence-electron chi connectivity index (χ4n) is 3.60. The molecule has 0 aromatic rings. The third-order valence-electron chi connectivity index (χ3n) is 4.50. The zero-order valence-corrected chi connectivity index (χ0v) is 20.2. The number of carbonyl (C=O) groups is 2. The zero-order valence-electron chi connectivity index (χ0n) is 19.2. The topological polar surface area (TPSA) is 82.1 Å². The lowest BCUT2D eigenvalue weighted by Crippen LogP contribution is -2.35. The van der Waals surface area contributed by atoms with E-state index in [2.05, 4.69) is 30.1 Å². The van der Waals surface area contributed by atoms with Crippen LogP contribution < -0.4 is 0 Å². The Labute approximate surface area is 177 Å². The molecule has 6 nitrogen and oxygen atoms in total. The first kappa shape index (κ1) is 25.9. The molecule has 29 heavy (non-hydrogen) atoms. The maximum Gasteiger partial charge on any atom is 0.308 e. The number of hydrogen-bond acceptors (Lipinski definition) is 6. The van der Waals surface area contributed by atoms with E-state index in [0.717, 1.165) is 12.8 Å². The van der Waals surface area contributed by atoms with Gasteiger partial charge in [0, 0.05) is 6.42 Å². The Morgan fingerprint density at radius 1 is 1.21 bits per heavy atom. The van der Waals surface area contributed by atoms with Crippen molar-refractivity contribution < 1.29 is 28.9 Å². The monoisotopic (exact) mass is 428 g/mol. The lowest BCUT2D eigenvalue weighted by atomic mass is 9.93. The molecule has 1 heterocycles. The molecule has 0 saturated carbocycles. The largest absolute Gasteiger partial charge is 0.469 e. The Bertz CT molecular complexity index is 573. The predicted molar refractivity (Wildman–Crippen MR) is 116 cm³/mol. The normalized spacial score (nSPS) is 23.0. The Hall–Kier alpha value is -1.18. The molecule has 0 aromatic carbocycles. The van der Waals surface area contributed by atoms with Crippen LogP contribution in [-0.2, 0) is 23.8 Å². The highest BCUT2D eigenvalue weighted by molar-refractivity contribution is 6.81. The summed E-state index contributed by atoms with van der Waals surface area (Å²) in [5, 5.41) is 10.4. The molecule has 1 aliphatic rings. The van der Waals surface area contributed by atoms with Crippen LogP contribution in [-0.4, -0.2) is 56.1 Å². The van der Waals surface area contributed by atoms with Gasteiger partial charge in [-0.2, -0.15) is 0 Å². The van der Waals surface area contributed by atoms with Crippen molar-refractivity contribution in [2.24, 2.45) is 0 Å². The first-order chi connectivity index (χ1) is 13.3. The molecule has 0 unspecified atom stereocenters.